The average molecular weight is 597 g/mol. The third kappa shape index (κ3) is 29.3. The fourth-order valence-corrected chi connectivity index (χ4v) is 5.85. The highest BCUT2D eigenvalue weighted by Gasteiger charge is 2.22. The molecule has 0 fully saturated rings. The Morgan fingerprint density at radius 3 is 0.976 bits per heavy atom. The molecule has 0 radical (unpaired) electrons. The summed E-state index contributed by atoms with van der Waals surface area (Å²) in [7, 11) is 0. The van der Waals surface area contributed by atoms with Gasteiger partial charge in [0, 0.05) is 19.3 Å². The van der Waals surface area contributed by atoms with Gasteiger partial charge >= 0.3 is 0 Å². The zero-order chi connectivity index (χ0) is 30.9. The second-order valence-corrected chi connectivity index (χ2v) is 13.0. The molecule has 3 N–H and O–H groups in total. The molecule has 0 aliphatic rings. The molecular formula is C37H72O5. The second-order valence-electron chi connectivity index (χ2n) is 13.0. The van der Waals surface area contributed by atoms with Gasteiger partial charge in [0.15, 0.2) is 5.78 Å². The Bertz CT molecular complexity index is 579. The maximum Gasteiger partial charge on any atom is 0.164 e. The van der Waals surface area contributed by atoms with Crippen LogP contribution in [0.3, 0.4) is 0 Å². The molecule has 0 aliphatic carbocycles. The quantitative estimate of drug-likeness (QED) is 0.0633. The summed E-state index contributed by atoms with van der Waals surface area (Å²) in [6, 6.07) is 0. The predicted octanol–water partition coefficient (Wildman–Crippen LogP) is 9.95. The van der Waals surface area contributed by atoms with Crippen molar-refractivity contribution in [3.63, 3.8) is 0 Å². The maximum atomic E-state index is 12.1. The number of carbonyl (C=O) groups excluding carboxylic acids is 2. The van der Waals surface area contributed by atoms with Gasteiger partial charge in [0.1, 0.15) is 18.0 Å². The molecular weight excluding hydrogens is 524 g/mol. The molecule has 0 bridgehead atoms. The Morgan fingerprint density at radius 1 is 0.429 bits per heavy atom. The number of hydrogen-bond acceptors (Lipinski definition) is 5. The summed E-state index contributed by atoms with van der Waals surface area (Å²) in [5.41, 5.74) is 0. The van der Waals surface area contributed by atoms with Gasteiger partial charge in [0.2, 0.25) is 0 Å². The average Bonchev–Trinajstić information content (AvgIpc) is 2.99. The smallest absolute Gasteiger partial charge is 0.164 e. The van der Waals surface area contributed by atoms with E-state index < -0.39 is 18.8 Å². The van der Waals surface area contributed by atoms with Crippen molar-refractivity contribution < 1.29 is 24.9 Å². The van der Waals surface area contributed by atoms with Crippen LogP contribution in [0.1, 0.15) is 206 Å². The molecule has 2 unspecified atom stereocenters. The summed E-state index contributed by atoms with van der Waals surface area (Å²) in [4.78, 5) is 23.8. The fraction of sp³-hybridized carbons (Fsp3) is 0.946. The summed E-state index contributed by atoms with van der Waals surface area (Å²) < 4.78 is 0. The van der Waals surface area contributed by atoms with E-state index in [4.69, 9.17) is 5.11 Å². The third-order valence-corrected chi connectivity index (χ3v) is 8.82. The first-order valence-corrected chi connectivity index (χ1v) is 18.5. The molecule has 0 heterocycles. The molecule has 0 saturated carbocycles. The molecule has 5 nitrogen and oxygen atoms in total. The lowest BCUT2D eigenvalue weighted by Crippen LogP contribution is -2.36. The van der Waals surface area contributed by atoms with Crippen molar-refractivity contribution in [1.29, 1.82) is 0 Å². The van der Waals surface area contributed by atoms with E-state index in [-0.39, 0.29) is 12.2 Å². The highest BCUT2D eigenvalue weighted by atomic mass is 16.4. The van der Waals surface area contributed by atoms with Gasteiger partial charge < -0.3 is 15.3 Å². The number of hydrogen-bond donors (Lipinski definition) is 3. The number of unbranched alkanes of at least 4 members (excludes halogenated alkanes) is 26. The Labute approximate surface area is 261 Å². The molecule has 0 saturated heterocycles. The van der Waals surface area contributed by atoms with Crippen LogP contribution >= 0.6 is 0 Å². The topological polar surface area (TPSA) is 94.8 Å². The SMILES string of the molecule is CCCCCCCCCCCCCCCC(=O)CCCCCCCCCCCCCCCCCC(=O)C(O)C(O)CO. The van der Waals surface area contributed by atoms with Crippen LogP contribution in [0.5, 0.6) is 0 Å². The van der Waals surface area contributed by atoms with E-state index in [0.29, 0.717) is 5.78 Å². The van der Waals surface area contributed by atoms with Gasteiger partial charge in [-0.05, 0) is 19.3 Å². The Balaban J connectivity index is 3.24. The first-order chi connectivity index (χ1) is 20.5. The predicted molar refractivity (Wildman–Crippen MR) is 178 cm³/mol. The van der Waals surface area contributed by atoms with E-state index in [0.717, 1.165) is 44.9 Å². The molecule has 2 atom stereocenters. The largest absolute Gasteiger partial charge is 0.394 e. The molecule has 5 heteroatoms. The summed E-state index contributed by atoms with van der Waals surface area (Å²) >= 11 is 0. The van der Waals surface area contributed by atoms with Crippen LogP contribution in [-0.4, -0.2) is 45.7 Å². The van der Waals surface area contributed by atoms with Crippen LogP contribution in [0.2, 0.25) is 0 Å². The lowest BCUT2D eigenvalue weighted by molar-refractivity contribution is -0.134. The number of aliphatic hydroxyl groups excluding tert-OH is 3. The van der Waals surface area contributed by atoms with Gasteiger partial charge in [-0.2, -0.15) is 0 Å². The number of rotatable bonds is 35. The van der Waals surface area contributed by atoms with E-state index in [9.17, 15) is 19.8 Å². The van der Waals surface area contributed by atoms with Gasteiger partial charge in [-0.15, -0.1) is 0 Å². The lowest BCUT2D eigenvalue weighted by atomic mass is 10.0. The molecule has 0 spiro atoms. The number of ketones is 2. The Hall–Kier alpha value is -0.780. The minimum atomic E-state index is -1.45. The molecule has 0 rings (SSSR count). The summed E-state index contributed by atoms with van der Waals surface area (Å²) in [6.07, 6.45) is 34.8. The van der Waals surface area contributed by atoms with Crippen molar-refractivity contribution in [2.45, 2.75) is 218 Å². The van der Waals surface area contributed by atoms with E-state index >= 15 is 0 Å². The maximum absolute atomic E-state index is 12.1. The number of aliphatic hydroxyl groups is 3. The van der Waals surface area contributed by atoms with Crippen LogP contribution in [-0.2, 0) is 9.59 Å². The molecule has 0 aliphatic heterocycles. The first-order valence-electron chi connectivity index (χ1n) is 18.5. The Morgan fingerprint density at radius 2 is 0.690 bits per heavy atom. The monoisotopic (exact) mass is 597 g/mol. The highest BCUT2D eigenvalue weighted by molar-refractivity contribution is 5.83. The molecule has 0 amide bonds. The van der Waals surface area contributed by atoms with Gasteiger partial charge in [-0.3, -0.25) is 9.59 Å². The van der Waals surface area contributed by atoms with Crippen LogP contribution in [0.15, 0.2) is 0 Å². The second kappa shape index (κ2) is 33.1. The normalized spacial score (nSPS) is 13.0. The van der Waals surface area contributed by atoms with E-state index in [2.05, 4.69) is 6.92 Å². The zero-order valence-corrected chi connectivity index (χ0v) is 27.9. The lowest BCUT2D eigenvalue weighted by Gasteiger charge is -2.13. The van der Waals surface area contributed by atoms with Crippen LogP contribution in [0, 0.1) is 0 Å². The van der Waals surface area contributed by atoms with Gasteiger partial charge in [-0.25, -0.2) is 0 Å². The first kappa shape index (κ1) is 41.2. The number of carbonyl (C=O) groups is 2. The standard InChI is InChI=1S/C37H72O5/c1-2-3-4-5-6-7-8-12-15-18-21-24-27-30-34(39)31-28-25-22-19-16-13-10-9-11-14-17-20-23-26-29-32-35(40)37(42)36(41)33-38/h36-38,41-42H,2-33H2,1H3. The summed E-state index contributed by atoms with van der Waals surface area (Å²) in [6.45, 7) is 1.69. The van der Waals surface area contributed by atoms with E-state index in [1.807, 2.05) is 0 Å². The molecule has 0 aromatic heterocycles. The molecule has 0 aromatic rings. The summed E-state index contributed by atoms with van der Waals surface area (Å²) in [5.74, 6) is 0.116. The third-order valence-electron chi connectivity index (χ3n) is 8.82. The highest BCUT2D eigenvalue weighted by Crippen LogP contribution is 2.16. The zero-order valence-electron chi connectivity index (χ0n) is 27.9. The van der Waals surface area contributed by atoms with Gasteiger partial charge in [0.25, 0.3) is 0 Å². The van der Waals surface area contributed by atoms with E-state index in [1.165, 1.54) is 148 Å². The fourth-order valence-electron chi connectivity index (χ4n) is 5.85. The van der Waals surface area contributed by atoms with Gasteiger partial charge in [-0.1, -0.05) is 167 Å². The molecule has 0 aromatic carbocycles. The summed E-state index contributed by atoms with van der Waals surface area (Å²) in [5, 5.41) is 27.6. The van der Waals surface area contributed by atoms with E-state index in [1.54, 1.807) is 0 Å². The van der Waals surface area contributed by atoms with Crippen molar-refractivity contribution in [3.8, 4) is 0 Å². The molecule has 250 valence electrons. The van der Waals surface area contributed by atoms with Crippen molar-refractivity contribution in [2.75, 3.05) is 6.61 Å². The van der Waals surface area contributed by atoms with Crippen LogP contribution < -0.4 is 0 Å². The van der Waals surface area contributed by atoms with Crippen molar-refractivity contribution in [2.24, 2.45) is 0 Å². The van der Waals surface area contributed by atoms with Crippen LogP contribution in [0.25, 0.3) is 0 Å². The van der Waals surface area contributed by atoms with Crippen molar-refractivity contribution in [1.82, 2.24) is 0 Å². The van der Waals surface area contributed by atoms with Crippen molar-refractivity contribution >= 4 is 11.6 Å². The Kier molecular flexibility index (Phi) is 32.5. The minimum absolute atomic E-state index is 0.274. The van der Waals surface area contributed by atoms with Crippen LogP contribution in [0.4, 0.5) is 0 Å². The number of Topliss-reactive ketones (excluding diaryl/α,β-unsaturated/α-hetero) is 2. The minimum Gasteiger partial charge on any atom is -0.394 e. The van der Waals surface area contributed by atoms with Gasteiger partial charge in [0.05, 0.1) is 6.61 Å². The van der Waals surface area contributed by atoms with Crippen molar-refractivity contribution in [3.05, 3.63) is 0 Å². The molecule has 42 heavy (non-hydrogen) atoms.